The molecule has 2 aromatic rings. The predicted octanol–water partition coefficient (Wildman–Crippen LogP) is 3.51. The molecule has 1 saturated heterocycles. The number of nitrogens with one attached hydrogen (secondary N) is 2. The van der Waals surface area contributed by atoms with Crippen LogP contribution in [0.2, 0.25) is 0 Å². The van der Waals surface area contributed by atoms with Crippen LogP contribution in [0.1, 0.15) is 25.8 Å². The molecular weight excluding hydrogens is 454 g/mol. The third-order valence-electron chi connectivity index (χ3n) is 6.10. The van der Waals surface area contributed by atoms with Crippen molar-refractivity contribution in [1.82, 2.24) is 20.2 Å². The molecule has 0 spiro atoms. The number of anilines is 1. The number of amides is 1. The average Bonchev–Trinajstić information content (AvgIpc) is 3.15. The van der Waals surface area contributed by atoms with Crippen molar-refractivity contribution in [2.75, 3.05) is 44.7 Å². The molecule has 1 aliphatic heterocycles. The lowest BCUT2D eigenvalue weighted by atomic mass is 10.2. The monoisotopic (exact) mass is 487 g/mol. The summed E-state index contributed by atoms with van der Waals surface area (Å²) in [6.45, 7) is 7.58. The van der Waals surface area contributed by atoms with Crippen molar-refractivity contribution in [1.29, 1.82) is 0 Å². The Labute approximate surface area is 211 Å². The van der Waals surface area contributed by atoms with Crippen molar-refractivity contribution in [2.24, 2.45) is 0 Å². The molecule has 2 aromatic heterocycles. The van der Waals surface area contributed by atoms with Gasteiger partial charge < -0.3 is 24.8 Å². The van der Waals surface area contributed by atoms with E-state index in [-0.39, 0.29) is 11.5 Å². The highest BCUT2D eigenvalue weighted by molar-refractivity contribution is 5.92. The highest BCUT2D eigenvalue weighted by Crippen LogP contribution is 2.19. The summed E-state index contributed by atoms with van der Waals surface area (Å²) in [5.41, 5.74) is 2.84. The molecule has 1 aliphatic carbocycles. The molecule has 0 saturated carbocycles. The van der Waals surface area contributed by atoms with E-state index < -0.39 is 0 Å². The molecule has 0 atom stereocenters. The minimum absolute atomic E-state index is 0.138. The second-order valence-corrected chi connectivity index (χ2v) is 9.13. The van der Waals surface area contributed by atoms with Gasteiger partial charge in [-0.1, -0.05) is 24.3 Å². The number of fused-ring (bicyclic) bond motifs is 1. The van der Waals surface area contributed by atoms with Gasteiger partial charge in [-0.05, 0) is 49.3 Å². The summed E-state index contributed by atoms with van der Waals surface area (Å²) in [4.78, 5) is 36.3. The number of allylic oxidation sites excluding steroid dienone is 6. The molecule has 0 radical (unpaired) electrons. The predicted molar refractivity (Wildman–Crippen MR) is 145 cm³/mol. The summed E-state index contributed by atoms with van der Waals surface area (Å²) in [5.74, 6) is 1.45. The zero-order valence-electron chi connectivity index (χ0n) is 21.1. The van der Waals surface area contributed by atoms with E-state index in [2.05, 4.69) is 20.2 Å². The summed E-state index contributed by atoms with van der Waals surface area (Å²) in [6, 6.07) is 3.81. The van der Waals surface area contributed by atoms with Crippen LogP contribution in [0.25, 0.3) is 17.1 Å². The molecule has 36 heavy (non-hydrogen) atoms. The first-order chi connectivity index (χ1) is 17.4. The summed E-state index contributed by atoms with van der Waals surface area (Å²) in [7, 11) is 1.75. The van der Waals surface area contributed by atoms with Gasteiger partial charge in [0, 0.05) is 57.3 Å². The minimum atomic E-state index is -0.143. The van der Waals surface area contributed by atoms with Crippen molar-refractivity contribution < 1.29 is 9.53 Å². The Morgan fingerprint density at radius 3 is 2.78 bits per heavy atom. The molecular formula is C28H33N5O3. The van der Waals surface area contributed by atoms with E-state index >= 15 is 0 Å². The van der Waals surface area contributed by atoms with Crippen LogP contribution < -0.4 is 15.8 Å². The number of hydrogen-bond donors (Lipinski definition) is 2. The number of aromatic nitrogens is 2. The van der Waals surface area contributed by atoms with E-state index in [4.69, 9.17) is 4.74 Å². The Morgan fingerprint density at radius 2 is 2.00 bits per heavy atom. The van der Waals surface area contributed by atoms with E-state index in [9.17, 15) is 9.59 Å². The van der Waals surface area contributed by atoms with Crippen LogP contribution in [-0.4, -0.2) is 60.5 Å². The number of rotatable bonds is 7. The fourth-order valence-electron chi connectivity index (χ4n) is 4.00. The zero-order valence-corrected chi connectivity index (χ0v) is 21.1. The topological polar surface area (TPSA) is 90.6 Å². The Kier molecular flexibility index (Phi) is 8.17. The van der Waals surface area contributed by atoms with Crippen molar-refractivity contribution in [2.45, 2.75) is 20.3 Å². The number of aromatic amines is 1. The van der Waals surface area contributed by atoms with Crippen LogP contribution in [0.5, 0.6) is 0 Å². The number of H-pyrrole nitrogens is 1. The lowest BCUT2D eigenvalue weighted by Gasteiger charge is -2.28. The van der Waals surface area contributed by atoms with E-state index in [1.807, 2.05) is 56.4 Å². The van der Waals surface area contributed by atoms with Gasteiger partial charge in [0.25, 0.3) is 5.56 Å². The first kappa shape index (κ1) is 25.2. The Morgan fingerprint density at radius 1 is 1.19 bits per heavy atom. The van der Waals surface area contributed by atoms with Crippen LogP contribution in [0, 0.1) is 0 Å². The van der Waals surface area contributed by atoms with Crippen molar-refractivity contribution in [3.63, 3.8) is 0 Å². The normalized spacial score (nSPS) is 15.6. The van der Waals surface area contributed by atoms with Gasteiger partial charge in [0.2, 0.25) is 5.91 Å². The second-order valence-electron chi connectivity index (χ2n) is 9.13. The van der Waals surface area contributed by atoms with Gasteiger partial charge in [-0.3, -0.25) is 9.59 Å². The second kappa shape index (κ2) is 11.7. The molecule has 1 amide bonds. The molecule has 4 rings (SSSR count). The molecule has 0 bridgehead atoms. The third kappa shape index (κ3) is 6.40. The molecule has 2 aliphatic rings. The summed E-state index contributed by atoms with van der Waals surface area (Å²) in [6.07, 6.45) is 15.5. The lowest BCUT2D eigenvalue weighted by molar-refractivity contribution is -0.124. The van der Waals surface area contributed by atoms with Gasteiger partial charge in [0.05, 0.1) is 6.54 Å². The fraction of sp³-hybridized carbons (Fsp3) is 0.321. The molecule has 0 unspecified atom stereocenters. The first-order valence-electron chi connectivity index (χ1n) is 12.2. The summed E-state index contributed by atoms with van der Waals surface area (Å²) < 4.78 is 6.11. The Bertz CT molecular complexity index is 1320. The van der Waals surface area contributed by atoms with Gasteiger partial charge in [-0.15, -0.1) is 0 Å². The van der Waals surface area contributed by atoms with Crippen LogP contribution >= 0.6 is 0 Å². The van der Waals surface area contributed by atoms with E-state index in [1.165, 1.54) is 6.08 Å². The van der Waals surface area contributed by atoms with E-state index in [0.717, 1.165) is 54.2 Å². The number of piperazine rings is 1. The van der Waals surface area contributed by atoms with Gasteiger partial charge in [0.1, 0.15) is 22.9 Å². The molecule has 2 N–H and O–H groups in total. The third-order valence-corrected chi connectivity index (χ3v) is 6.10. The number of carbonyl (C=O) groups excluding carboxylic acids is 1. The highest BCUT2D eigenvalue weighted by Gasteiger charge is 2.15. The van der Waals surface area contributed by atoms with Gasteiger partial charge >= 0.3 is 0 Å². The average molecular weight is 488 g/mol. The maximum absolute atomic E-state index is 12.8. The summed E-state index contributed by atoms with van der Waals surface area (Å²) in [5, 5.41) is 4.12. The van der Waals surface area contributed by atoms with Crippen LogP contribution in [0.4, 0.5) is 5.69 Å². The van der Waals surface area contributed by atoms with Gasteiger partial charge in [0.15, 0.2) is 0 Å². The zero-order chi connectivity index (χ0) is 25.5. The standard InChI is InChI=1S/C28H33N5O3/c1-20(2)25(36-23-8-6-4-5-7-9-23)19-32(3)26(34)11-10-21-16-22-17-24(33-14-12-29-13-15-33)28(35)31-27(22)30-18-21/h4-8,10-11,16-18,29H,9,12-15,19H2,1-3H3,(H,30,31,35)/b11-10+. The number of ether oxygens (including phenoxy) is 1. The molecule has 8 nitrogen and oxygen atoms in total. The number of hydrogen-bond acceptors (Lipinski definition) is 6. The SMILES string of the molecule is CC(C)=C(CN(C)C(=O)/C=C/c1cnc2[nH]c(=O)c(N3CCNCC3)cc2c1)OC1=CC=CC=CC1. The van der Waals surface area contributed by atoms with Crippen LogP contribution in [0.3, 0.4) is 0 Å². The molecule has 8 heteroatoms. The number of nitrogens with zero attached hydrogens (tertiary/aromatic N) is 3. The quantitative estimate of drug-likeness (QED) is 0.459. The van der Waals surface area contributed by atoms with Crippen molar-refractivity contribution in [3.05, 3.63) is 87.8 Å². The number of likely N-dealkylation sites (N-methyl/N-ethyl adjacent to an activating group) is 1. The number of pyridine rings is 2. The smallest absolute Gasteiger partial charge is 0.273 e. The molecule has 188 valence electrons. The maximum atomic E-state index is 12.8. The fourth-order valence-corrected chi connectivity index (χ4v) is 4.00. The van der Waals surface area contributed by atoms with Crippen molar-refractivity contribution >= 4 is 28.7 Å². The molecule has 1 fully saturated rings. The highest BCUT2D eigenvalue weighted by atomic mass is 16.5. The lowest BCUT2D eigenvalue weighted by Crippen LogP contribution is -2.45. The van der Waals surface area contributed by atoms with Gasteiger partial charge in [-0.2, -0.15) is 0 Å². The van der Waals surface area contributed by atoms with Crippen molar-refractivity contribution in [3.8, 4) is 0 Å². The molecule has 0 aromatic carbocycles. The van der Waals surface area contributed by atoms with Gasteiger partial charge in [-0.25, -0.2) is 4.98 Å². The van der Waals surface area contributed by atoms with E-state index in [0.29, 0.717) is 24.3 Å². The Hall–Kier alpha value is -3.91. The maximum Gasteiger partial charge on any atom is 0.273 e. The first-order valence-corrected chi connectivity index (χ1v) is 12.2. The largest absolute Gasteiger partial charge is 0.464 e. The molecule has 3 heterocycles. The minimum Gasteiger partial charge on any atom is -0.464 e. The number of carbonyl (C=O) groups is 1. The summed E-state index contributed by atoms with van der Waals surface area (Å²) >= 11 is 0. The van der Waals surface area contributed by atoms with Crippen LogP contribution in [-0.2, 0) is 9.53 Å². The Balaban J connectivity index is 1.45. The van der Waals surface area contributed by atoms with E-state index in [1.54, 1.807) is 24.2 Å². The van der Waals surface area contributed by atoms with Crippen LogP contribution in [0.15, 0.2) is 76.7 Å².